The minimum absolute atomic E-state index is 0.209. The van der Waals surface area contributed by atoms with Gasteiger partial charge in [0.2, 0.25) is 0 Å². The fourth-order valence-electron chi connectivity index (χ4n) is 2.94. The lowest BCUT2D eigenvalue weighted by Gasteiger charge is -2.41. The van der Waals surface area contributed by atoms with Crippen LogP contribution in [0.1, 0.15) is 40.0 Å². The first-order valence-electron chi connectivity index (χ1n) is 6.45. The molecule has 0 aromatic carbocycles. The molecule has 0 spiro atoms. The van der Waals surface area contributed by atoms with Gasteiger partial charge in [0.05, 0.1) is 0 Å². The van der Waals surface area contributed by atoms with Crippen molar-refractivity contribution in [1.29, 1.82) is 0 Å². The number of rotatable bonds is 3. The molecule has 3 nitrogen and oxygen atoms in total. The van der Waals surface area contributed by atoms with Crippen LogP contribution >= 0.6 is 0 Å². The van der Waals surface area contributed by atoms with Crippen molar-refractivity contribution in [2.75, 3.05) is 13.1 Å². The Balaban J connectivity index is 2.74. The highest BCUT2D eigenvalue weighted by Gasteiger charge is 2.34. The first-order valence-corrected chi connectivity index (χ1v) is 6.45. The van der Waals surface area contributed by atoms with Crippen molar-refractivity contribution in [3.05, 3.63) is 12.7 Å². The number of carboxylic acid groups (broad SMARTS) is 1. The van der Waals surface area contributed by atoms with Crippen molar-refractivity contribution >= 4 is 6.09 Å². The predicted molar refractivity (Wildman–Crippen MR) is 70.1 cm³/mol. The molecule has 2 unspecified atom stereocenters. The van der Waals surface area contributed by atoms with Gasteiger partial charge in [-0.05, 0) is 36.5 Å². The van der Waals surface area contributed by atoms with Gasteiger partial charge in [-0.2, -0.15) is 0 Å². The van der Waals surface area contributed by atoms with Crippen LogP contribution in [0.2, 0.25) is 0 Å². The van der Waals surface area contributed by atoms with Gasteiger partial charge in [-0.15, -0.1) is 6.58 Å². The normalized spacial score (nSPS) is 23.2. The summed E-state index contributed by atoms with van der Waals surface area (Å²) in [6.07, 6.45) is 4.29. The van der Waals surface area contributed by atoms with Gasteiger partial charge in [0.15, 0.2) is 0 Å². The molecule has 0 bridgehead atoms. The Bertz CT molecular complexity index is 280. The summed E-state index contributed by atoms with van der Waals surface area (Å²) >= 11 is 0. The third-order valence-electron chi connectivity index (χ3n) is 3.83. The minimum atomic E-state index is -0.777. The second-order valence-electron chi connectivity index (χ2n) is 6.13. The summed E-state index contributed by atoms with van der Waals surface area (Å²) in [5, 5.41) is 9.08. The van der Waals surface area contributed by atoms with Gasteiger partial charge in [0.25, 0.3) is 0 Å². The molecule has 1 aliphatic rings. The van der Waals surface area contributed by atoms with Crippen molar-refractivity contribution < 1.29 is 9.90 Å². The number of hydrogen-bond donors (Lipinski definition) is 1. The van der Waals surface area contributed by atoms with Crippen molar-refractivity contribution in [1.82, 2.24) is 4.90 Å². The predicted octanol–water partition coefficient (Wildman–Crippen LogP) is 3.61. The maximum absolute atomic E-state index is 11.0. The minimum Gasteiger partial charge on any atom is -0.465 e. The largest absolute Gasteiger partial charge is 0.465 e. The quantitative estimate of drug-likeness (QED) is 0.764. The molecule has 1 rings (SSSR count). The summed E-state index contributed by atoms with van der Waals surface area (Å²) in [4.78, 5) is 12.6. The van der Waals surface area contributed by atoms with Crippen LogP contribution in [0.4, 0.5) is 4.79 Å². The van der Waals surface area contributed by atoms with Crippen molar-refractivity contribution in [2.24, 2.45) is 17.3 Å². The van der Waals surface area contributed by atoms with Crippen molar-refractivity contribution in [2.45, 2.75) is 40.0 Å². The number of hydrogen-bond acceptors (Lipinski definition) is 1. The van der Waals surface area contributed by atoms with E-state index in [9.17, 15) is 4.79 Å². The van der Waals surface area contributed by atoms with E-state index in [1.165, 1.54) is 0 Å². The Morgan fingerprint density at radius 2 is 2.24 bits per heavy atom. The lowest BCUT2D eigenvalue weighted by molar-refractivity contribution is 0.0716. The number of nitrogens with zero attached hydrogens (tertiary/aromatic N) is 1. The molecule has 0 aromatic rings. The smallest absolute Gasteiger partial charge is 0.407 e. The van der Waals surface area contributed by atoms with Crippen LogP contribution < -0.4 is 0 Å². The standard InChI is InChI=1S/C14H25NO2/c1-5-7-12(14(2,3)4)11-8-6-9-15(10-11)13(16)17/h5,11-12H,1,6-10H2,2-4H3,(H,16,17). The molecule has 1 saturated heterocycles. The van der Waals surface area contributed by atoms with Gasteiger partial charge >= 0.3 is 6.09 Å². The van der Waals surface area contributed by atoms with Gasteiger partial charge in [-0.1, -0.05) is 26.8 Å². The summed E-state index contributed by atoms with van der Waals surface area (Å²) < 4.78 is 0. The monoisotopic (exact) mass is 239 g/mol. The van der Waals surface area contributed by atoms with Crippen LogP contribution in [0, 0.1) is 17.3 Å². The molecular formula is C14H25NO2. The highest BCUT2D eigenvalue weighted by atomic mass is 16.4. The Hall–Kier alpha value is -0.990. The summed E-state index contributed by atoms with van der Waals surface area (Å²) in [7, 11) is 0. The molecule has 0 aromatic heterocycles. The summed E-state index contributed by atoms with van der Waals surface area (Å²) in [6.45, 7) is 11.9. The number of carbonyl (C=O) groups is 1. The van der Waals surface area contributed by atoms with E-state index in [0.717, 1.165) is 19.3 Å². The van der Waals surface area contributed by atoms with E-state index in [-0.39, 0.29) is 5.41 Å². The topological polar surface area (TPSA) is 40.5 Å². The molecule has 17 heavy (non-hydrogen) atoms. The first-order chi connectivity index (χ1) is 7.86. The molecule has 1 N–H and O–H groups in total. The Kier molecular flexibility index (Phi) is 4.61. The molecule has 3 heteroatoms. The molecule has 0 radical (unpaired) electrons. The molecule has 1 aliphatic heterocycles. The average molecular weight is 239 g/mol. The van der Waals surface area contributed by atoms with Gasteiger partial charge in [0.1, 0.15) is 0 Å². The van der Waals surface area contributed by atoms with Crippen LogP contribution in [-0.2, 0) is 0 Å². The van der Waals surface area contributed by atoms with Crippen molar-refractivity contribution in [3.63, 3.8) is 0 Å². The Labute approximate surface area is 105 Å². The third kappa shape index (κ3) is 3.76. The molecule has 1 fully saturated rings. The number of piperidine rings is 1. The first kappa shape index (κ1) is 14.1. The maximum Gasteiger partial charge on any atom is 0.407 e. The second-order valence-corrected chi connectivity index (χ2v) is 6.13. The lowest BCUT2D eigenvalue weighted by atomic mass is 9.69. The van der Waals surface area contributed by atoms with Gasteiger partial charge < -0.3 is 10.0 Å². The number of likely N-dealkylation sites (tertiary alicyclic amines) is 1. The van der Waals surface area contributed by atoms with E-state index in [2.05, 4.69) is 27.4 Å². The van der Waals surface area contributed by atoms with E-state index >= 15 is 0 Å². The fraction of sp³-hybridized carbons (Fsp3) is 0.786. The Morgan fingerprint density at radius 1 is 1.59 bits per heavy atom. The van der Waals surface area contributed by atoms with E-state index in [1.54, 1.807) is 4.90 Å². The van der Waals surface area contributed by atoms with Crippen LogP contribution in [0.5, 0.6) is 0 Å². The summed E-state index contributed by atoms with van der Waals surface area (Å²) in [5.74, 6) is 0.986. The average Bonchev–Trinajstić information content (AvgIpc) is 2.24. The highest BCUT2D eigenvalue weighted by molar-refractivity contribution is 5.65. The zero-order chi connectivity index (χ0) is 13.1. The van der Waals surface area contributed by atoms with Crippen LogP contribution in [0.25, 0.3) is 0 Å². The van der Waals surface area contributed by atoms with Crippen LogP contribution in [-0.4, -0.2) is 29.2 Å². The van der Waals surface area contributed by atoms with E-state index in [0.29, 0.717) is 24.9 Å². The van der Waals surface area contributed by atoms with E-state index in [1.807, 2.05) is 6.08 Å². The molecule has 1 heterocycles. The van der Waals surface area contributed by atoms with Crippen LogP contribution in [0.3, 0.4) is 0 Å². The SMILES string of the molecule is C=CCC(C1CCCN(C(=O)O)C1)C(C)(C)C. The maximum atomic E-state index is 11.0. The summed E-state index contributed by atoms with van der Waals surface area (Å²) in [5.41, 5.74) is 0.209. The lowest BCUT2D eigenvalue weighted by Crippen LogP contribution is -2.43. The van der Waals surface area contributed by atoms with Gasteiger partial charge in [-0.25, -0.2) is 4.79 Å². The summed E-state index contributed by atoms with van der Waals surface area (Å²) in [6, 6.07) is 0. The van der Waals surface area contributed by atoms with E-state index in [4.69, 9.17) is 5.11 Å². The molecule has 98 valence electrons. The van der Waals surface area contributed by atoms with Crippen LogP contribution in [0.15, 0.2) is 12.7 Å². The number of allylic oxidation sites excluding steroid dienone is 1. The molecule has 0 saturated carbocycles. The van der Waals surface area contributed by atoms with Gasteiger partial charge in [0, 0.05) is 13.1 Å². The Morgan fingerprint density at radius 3 is 2.71 bits per heavy atom. The molecule has 0 aliphatic carbocycles. The molecular weight excluding hydrogens is 214 g/mol. The second kappa shape index (κ2) is 5.56. The highest BCUT2D eigenvalue weighted by Crippen LogP contribution is 2.39. The van der Waals surface area contributed by atoms with Gasteiger partial charge in [-0.3, -0.25) is 0 Å². The zero-order valence-electron chi connectivity index (χ0n) is 11.3. The molecule has 1 amide bonds. The third-order valence-corrected chi connectivity index (χ3v) is 3.83. The number of amides is 1. The zero-order valence-corrected chi connectivity index (χ0v) is 11.3. The van der Waals surface area contributed by atoms with Crippen molar-refractivity contribution in [3.8, 4) is 0 Å². The van der Waals surface area contributed by atoms with E-state index < -0.39 is 6.09 Å². The fourth-order valence-corrected chi connectivity index (χ4v) is 2.94. The molecule has 2 atom stereocenters.